The van der Waals surface area contributed by atoms with Crippen LogP contribution in [0.15, 0.2) is 29.6 Å². The fraction of sp³-hybridized carbons (Fsp3) is 0.385. The number of hydrogen-bond donors (Lipinski definition) is 1. The monoisotopic (exact) mass is 301 g/mol. The molecule has 1 N–H and O–H groups in total. The molecule has 18 heavy (non-hydrogen) atoms. The average Bonchev–Trinajstić information content (AvgIpc) is 3.01. The second-order valence-corrected chi connectivity index (χ2v) is 6.62. The van der Waals surface area contributed by atoms with Gasteiger partial charge in [-0.25, -0.2) is 0 Å². The molecule has 2 aromatic heterocycles. The van der Waals surface area contributed by atoms with E-state index in [1.807, 2.05) is 6.07 Å². The number of hydrogen-bond acceptors (Lipinski definition) is 4. The summed E-state index contributed by atoms with van der Waals surface area (Å²) in [7, 11) is 1.73. The lowest BCUT2D eigenvalue weighted by atomic mass is 10.2. The number of rotatable bonds is 7. The molecule has 2 nitrogen and oxygen atoms in total. The lowest BCUT2D eigenvalue weighted by Crippen LogP contribution is -2.22. The van der Waals surface area contributed by atoms with Crippen molar-refractivity contribution in [2.45, 2.75) is 12.5 Å². The van der Waals surface area contributed by atoms with E-state index in [4.69, 9.17) is 16.3 Å². The molecule has 2 rings (SSSR count). The first-order valence-corrected chi connectivity index (χ1v) is 7.89. The number of nitrogens with one attached hydrogen (secondary N) is 1. The first-order valence-electron chi connectivity index (χ1n) is 5.82. The van der Waals surface area contributed by atoms with Crippen LogP contribution in [0.4, 0.5) is 0 Å². The lowest BCUT2D eigenvalue weighted by Gasteiger charge is -2.15. The zero-order valence-corrected chi connectivity index (χ0v) is 12.6. The van der Waals surface area contributed by atoms with Gasteiger partial charge >= 0.3 is 0 Å². The molecule has 5 heteroatoms. The zero-order chi connectivity index (χ0) is 12.8. The Hall–Kier alpha value is -0.390. The predicted octanol–water partition coefficient (Wildman–Crippen LogP) is 4.18. The number of thiophene rings is 2. The quantitative estimate of drug-likeness (QED) is 0.775. The minimum absolute atomic E-state index is 0.249. The third-order valence-electron chi connectivity index (χ3n) is 2.58. The zero-order valence-electron chi connectivity index (χ0n) is 10.2. The molecule has 2 heterocycles. The molecule has 0 aliphatic heterocycles. The van der Waals surface area contributed by atoms with Crippen LogP contribution in [-0.2, 0) is 4.74 Å². The van der Waals surface area contributed by atoms with Crippen LogP contribution in [0, 0.1) is 0 Å². The highest BCUT2D eigenvalue weighted by atomic mass is 35.5. The van der Waals surface area contributed by atoms with Gasteiger partial charge in [0.2, 0.25) is 0 Å². The van der Waals surface area contributed by atoms with Gasteiger partial charge in [-0.3, -0.25) is 0 Å². The van der Waals surface area contributed by atoms with Gasteiger partial charge in [0, 0.05) is 23.5 Å². The van der Waals surface area contributed by atoms with Crippen molar-refractivity contribution in [1.29, 1.82) is 0 Å². The molecule has 1 unspecified atom stereocenters. The molecule has 0 saturated heterocycles. The highest BCUT2D eigenvalue weighted by Gasteiger charge is 2.16. The molecule has 1 atom stereocenters. The Balaban J connectivity index is 2.04. The van der Waals surface area contributed by atoms with Crippen molar-refractivity contribution in [2.24, 2.45) is 0 Å². The van der Waals surface area contributed by atoms with E-state index in [9.17, 15) is 0 Å². The fourth-order valence-corrected chi connectivity index (χ4v) is 3.79. The van der Waals surface area contributed by atoms with Crippen molar-refractivity contribution in [3.05, 3.63) is 43.7 Å². The van der Waals surface area contributed by atoms with E-state index < -0.39 is 0 Å². The van der Waals surface area contributed by atoms with Gasteiger partial charge in [-0.05, 0) is 36.5 Å². The summed E-state index contributed by atoms with van der Waals surface area (Å²) >= 11 is 9.43. The summed E-state index contributed by atoms with van der Waals surface area (Å²) in [6.45, 7) is 1.72. The van der Waals surface area contributed by atoms with Crippen molar-refractivity contribution >= 4 is 34.3 Å². The first-order chi connectivity index (χ1) is 8.81. The minimum Gasteiger partial charge on any atom is -0.385 e. The molecule has 0 aliphatic rings. The maximum atomic E-state index is 6.02. The summed E-state index contributed by atoms with van der Waals surface area (Å²) in [5.41, 5.74) is 0. The molecule has 0 saturated carbocycles. The molecule has 2 aromatic rings. The van der Waals surface area contributed by atoms with Crippen LogP contribution in [0.2, 0.25) is 4.34 Å². The molecule has 98 valence electrons. The average molecular weight is 302 g/mol. The van der Waals surface area contributed by atoms with Crippen molar-refractivity contribution in [2.75, 3.05) is 20.3 Å². The first kappa shape index (κ1) is 14.0. The van der Waals surface area contributed by atoms with Gasteiger partial charge < -0.3 is 10.1 Å². The molecule has 0 aliphatic carbocycles. The smallest absolute Gasteiger partial charge is 0.0931 e. The Morgan fingerprint density at radius 2 is 2.22 bits per heavy atom. The molecular formula is C13H16ClNOS2. The van der Waals surface area contributed by atoms with E-state index in [2.05, 4.69) is 28.9 Å². The predicted molar refractivity (Wildman–Crippen MR) is 80.0 cm³/mol. The molecule has 0 spiro atoms. The van der Waals surface area contributed by atoms with Crippen molar-refractivity contribution in [3.8, 4) is 0 Å². The van der Waals surface area contributed by atoms with E-state index >= 15 is 0 Å². The summed E-state index contributed by atoms with van der Waals surface area (Å²) in [4.78, 5) is 2.59. The van der Waals surface area contributed by atoms with Crippen molar-refractivity contribution < 1.29 is 4.74 Å². The summed E-state index contributed by atoms with van der Waals surface area (Å²) in [6, 6.07) is 8.55. The van der Waals surface area contributed by atoms with Crippen molar-refractivity contribution in [1.82, 2.24) is 5.32 Å². The van der Waals surface area contributed by atoms with Gasteiger partial charge in [0.15, 0.2) is 0 Å². The Morgan fingerprint density at radius 3 is 2.83 bits per heavy atom. The van der Waals surface area contributed by atoms with E-state index in [1.165, 1.54) is 9.75 Å². The highest BCUT2D eigenvalue weighted by molar-refractivity contribution is 7.16. The standard InChI is InChI=1S/C13H16ClNOS2/c1-16-8-3-7-15-13(10-4-2-9-17-10)11-5-6-12(14)18-11/h2,4-6,9,13,15H,3,7-8H2,1H3. The number of ether oxygens (including phenoxy) is 1. The highest BCUT2D eigenvalue weighted by Crippen LogP contribution is 2.32. The Kier molecular flexibility index (Phi) is 5.66. The van der Waals surface area contributed by atoms with Crippen molar-refractivity contribution in [3.63, 3.8) is 0 Å². The third-order valence-corrected chi connectivity index (χ3v) is 4.81. The van der Waals surface area contributed by atoms with Crippen LogP contribution in [-0.4, -0.2) is 20.3 Å². The van der Waals surface area contributed by atoms with Crippen LogP contribution in [0.3, 0.4) is 0 Å². The van der Waals surface area contributed by atoms with Crippen LogP contribution in [0.25, 0.3) is 0 Å². The third kappa shape index (κ3) is 3.80. The van der Waals surface area contributed by atoms with Crippen LogP contribution < -0.4 is 5.32 Å². The summed E-state index contributed by atoms with van der Waals surface area (Å²) in [5.74, 6) is 0. The van der Waals surface area contributed by atoms with Gasteiger partial charge in [0.05, 0.1) is 10.4 Å². The summed E-state index contributed by atoms with van der Waals surface area (Å²) < 4.78 is 5.91. The Labute approximate surface area is 121 Å². The van der Waals surface area contributed by atoms with Gasteiger partial charge in [-0.15, -0.1) is 22.7 Å². The normalized spacial score (nSPS) is 12.8. The maximum Gasteiger partial charge on any atom is 0.0931 e. The van der Waals surface area contributed by atoms with Crippen LogP contribution >= 0.6 is 34.3 Å². The molecular weight excluding hydrogens is 286 g/mol. The summed E-state index contributed by atoms with van der Waals surface area (Å²) in [5, 5.41) is 5.67. The van der Waals surface area contributed by atoms with Gasteiger partial charge in [-0.2, -0.15) is 0 Å². The molecule has 0 bridgehead atoms. The fourth-order valence-electron chi connectivity index (χ4n) is 1.74. The van der Waals surface area contributed by atoms with E-state index in [1.54, 1.807) is 29.8 Å². The molecule has 0 amide bonds. The van der Waals surface area contributed by atoms with Gasteiger partial charge in [0.25, 0.3) is 0 Å². The SMILES string of the molecule is COCCCNC(c1cccs1)c1ccc(Cl)s1. The molecule has 0 radical (unpaired) electrons. The van der Waals surface area contributed by atoms with Gasteiger partial charge in [-0.1, -0.05) is 17.7 Å². The van der Waals surface area contributed by atoms with E-state index in [-0.39, 0.29) is 6.04 Å². The van der Waals surface area contributed by atoms with Crippen LogP contribution in [0.5, 0.6) is 0 Å². The van der Waals surface area contributed by atoms with E-state index in [0.717, 1.165) is 23.9 Å². The lowest BCUT2D eigenvalue weighted by molar-refractivity contribution is 0.193. The maximum absolute atomic E-state index is 6.02. The van der Waals surface area contributed by atoms with Gasteiger partial charge in [0.1, 0.15) is 0 Å². The second kappa shape index (κ2) is 7.26. The summed E-state index contributed by atoms with van der Waals surface area (Å²) in [6.07, 6.45) is 1.01. The number of halogens is 1. The van der Waals surface area contributed by atoms with E-state index in [0.29, 0.717) is 0 Å². The molecule has 0 fully saturated rings. The largest absolute Gasteiger partial charge is 0.385 e. The topological polar surface area (TPSA) is 21.3 Å². The Bertz CT molecular complexity index is 455. The Morgan fingerprint density at radius 1 is 1.33 bits per heavy atom. The minimum atomic E-state index is 0.249. The molecule has 0 aromatic carbocycles. The number of methoxy groups -OCH3 is 1. The van der Waals surface area contributed by atoms with Crippen LogP contribution in [0.1, 0.15) is 22.2 Å². The second-order valence-electron chi connectivity index (χ2n) is 3.89.